The van der Waals surface area contributed by atoms with Crippen molar-refractivity contribution in [2.24, 2.45) is 0 Å². The number of rotatable bonds is 4. The molecule has 160 valence electrons. The van der Waals surface area contributed by atoms with Crippen LogP contribution in [0.1, 0.15) is 5.56 Å². The third-order valence-corrected chi connectivity index (χ3v) is 5.05. The molecular weight excluding hydrogens is 438 g/mol. The maximum Gasteiger partial charge on any atom is 0.574 e. The molecule has 5 nitrogen and oxygen atoms in total. The van der Waals surface area contributed by atoms with Crippen LogP contribution in [0.3, 0.4) is 0 Å². The normalized spacial score (nSPS) is 12.8. The number of aromatic nitrogens is 2. The summed E-state index contributed by atoms with van der Waals surface area (Å²) in [5.74, 6) is -0.918. The Morgan fingerprint density at radius 3 is 1.93 bits per heavy atom. The molecule has 2 aromatic carbocycles. The first-order chi connectivity index (χ1) is 13.7. The molecule has 0 unspecified atom stereocenters. The van der Waals surface area contributed by atoms with Crippen LogP contribution in [0.15, 0.2) is 59.6 Å². The van der Waals surface area contributed by atoms with Crippen LogP contribution < -0.4 is 4.74 Å². The summed E-state index contributed by atoms with van der Waals surface area (Å²) in [6.07, 6.45) is -7.75. The average molecular weight is 450 g/mol. The van der Waals surface area contributed by atoms with Crippen molar-refractivity contribution in [3.8, 4) is 23.0 Å². The van der Waals surface area contributed by atoms with Gasteiger partial charge in [0.25, 0.3) is 0 Å². The monoisotopic (exact) mass is 450 g/mol. The molecular formula is C18H12F6N2O3S. The fourth-order valence-electron chi connectivity index (χ4n) is 2.59. The lowest BCUT2D eigenvalue weighted by Crippen LogP contribution is -2.17. The van der Waals surface area contributed by atoms with Gasteiger partial charge in [-0.2, -0.15) is 18.2 Å². The molecule has 0 saturated heterocycles. The van der Waals surface area contributed by atoms with Gasteiger partial charge < -0.3 is 4.74 Å². The molecule has 0 fully saturated rings. The van der Waals surface area contributed by atoms with Gasteiger partial charge in [0.1, 0.15) is 5.82 Å². The highest BCUT2D eigenvalue weighted by Gasteiger charge is 2.33. The maximum atomic E-state index is 12.8. The van der Waals surface area contributed by atoms with E-state index >= 15 is 0 Å². The predicted molar refractivity (Wildman–Crippen MR) is 93.8 cm³/mol. The highest BCUT2D eigenvalue weighted by atomic mass is 32.2. The van der Waals surface area contributed by atoms with E-state index in [4.69, 9.17) is 0 Å². The summed E-state index contributed by atoms with van der Waals surface area (Å²) in [5.41, 5.74) is -0.619. The molecule has 0 spiro atoms. The standard InChI is InChI=1S/C18H12F6N2O3S/c1-30(27,28)14-8-2-11(3-9-14)16-25-15(29-18(22,23)24)10-26(16)13-6-4-12(5-7-13)17(19,20)21/h2-10H,1H3. The number of benzene rings is 2. The molecule has 0 saturated carbocycles. The fourth-order valence-corrected chi connectivity index (χ4v) is 3.22. The molecule has 0 bridgehead atoms. The number of imidazole rings is 1. The Morgan fingerprint density at radius 2 is 1.47 bits per heavy atom. The molecule has 0 aliphatic carbocycles. The van der Waals surface area contributed by atoms with Gasteiger partial charge in [-0.05, 0) is 48.5 Å². The number of nitrogens with zero attached hydrogens (tertiary/aromatic N) is 2. The van der Waals surface area contributed by atoms with E-state index in [0.717, 1.165) is 41.3 Å². The Kier molecular flexibility index (Phi) is 5.31. The molecule has 0 N–H and O–H groups in total. The van der Waals surface area contributed by atoms with E-state index in [9.17, 15) is 34.8 Å². The Hall–Kier alpha value is -3.02. The van der Waals surface area contributed by atoms with Gasteiger partial charge in [0, 0.05) is 17.5 Å². The minimum atomic E-state index is -5.03. The van der Waals surface area contributed by atoms with E-state index in [1.54, 1.807) is 0 Å². The summed E-state index contributed by atoms with van der Waals surface area (Å²) >= 11 is 0. The van der Waals surface area contributed by atoms with E-state index in [1.807, 2.05) is 0 Å². The molecule has 1 heterocycles. The number of hydrogen-bond acceptors (Lipinski definition) is 4. The van der Waals surface area contributed by atoms with Crippen molar-refractivity contribution in [1.82, 2.24) is 9.55 Å². The molecule has 0 amide bonds. The van der Waals surface area contributed by atoms with Gasteiger partial charge in [-0.3, -0.25) is 4.57 Å². The number of ether oxygens (including phenoxy) is 1. The Morgan fingerprint density at radius 1 is 0.900 bits per heavy atom. The first-order valence-electron chi connectivity index (χ1n) is 8.07. The third-order valence-electron chi connectivity index (χ3n) is 3.92. The predicted octanol–water partition coefficient (Wildman–Crippen LogP) is 4.86. The zero-order chi connectivity index (χ0) is 22.3. The summed E-state index contributed by atoms with van der Waals surface area (Å²) in [7, 11) is -3.51. The molecule has 1 aromatic heterocycles. The summed E-state index contributed by atoms with van der Waals surface area (Å²) in [5, 5.41) is 0. The van der Waals surface area contributed by atoms with Crippen LogP contribution in [-0.2, 0) is 16.0 Å². The zero-order valence-electron chi connectivity index (χ0n) is 15.0. The van der Waals surface area contributed by atoms with Gasteiger partial charge in [-0.15, -0.1) is 13.2 Å². The van der Waals surface area contributed by atoms with Crippen molar-refractivity contribution in [2.75, 3.05) is 6.26 Å². The fraction of sp³-hybridized carbons (Fsp3) is 0.167. The van der Waals surface area contributed by atoms with E-state index in [-0.39, 0.29) is 22.0 Å². The molecule has 30 heavy (non-hydrogen) atoms. The lowest BCUT2D eigenvalue weighted by Gasteiger charge is -2.10. The Labute approximate surface area is 166 Å². The van der Waals surface area contributed by atoms with Crippen molar-refractivity contribution in [1.29, 1.82) is 0 Å². The molecule has 0 radical (unpaired) electrons. The number of hydrogen-bond donors (Lipinski definition) is 0. The highest BCUT2D eigenvalue weighted by molar-refractivity contribution is 7.90. The molecule has 3 aromatic rings. The van der Waals surface area contributed by atoms with Gasteiger partial charge in [-0.25, -0.2) is 8.42 Å². The quantitative estimate of drug-likeness (QED) is 0.533. The van der Waals surface area contributed by atoms with Crippen LogP contribution in [0.2, 0.25) is 0 Å². The van der Waals surface area contributed by atoms with Crippen LogP contribution in [0.4, 0.5) is 26.3 Å². The molecule has 0 aliphatic rings. The van der Waals surface area contributed by atoms with Crippen molar-refractivity contribution in [3.63, 3.8) is 0 Å². The lowest BCUT2D eigenvalue weighted by atomic mass is 10.2. The number of sulfone groups is 1. The second kappa shape index (κ2) is 7.35. The van der Waals surface area contributed by atoms with Crippen LogP contribution in [0.5, 0.6) is 5.88 Å². The second-order valence-electron chi connectivity index (χ2n) is 6.16. The first-order valence-corrected chi connectivity index (χ1v) is 9.96. The topological polar surface area (TPSA) is 61.2 Å². The molecule has 0 aliphatic heterocycles. The second-order valence-corrected chi connectivity index (χ2v) is 8.18. The van der Waals surface area contributed by atoms with E-state index in [1.165, 1.54) is 24.3 Å². The molecule has 12 heteroatoms. The molecule has 0 atom stereocenters. The van der Waals surface area contributed by atoms with Gasteiger partial charge in [-0.1, -0.05) is 0 Å². The Balaban J connectivity index is 2.10. The largest absolute Gasteiger partial charge is 0.574 e. The number of halogens is 6. The minimum absolute atomic E-state index is 0.0225. The smallest absolute Gasteiger partial charge is 0.386 e. The van der Waals surface area contributed by atoms with Crippen LogP contribution in [-0.4, -0.2) is 30.6 Å². The van der Waals surface area contributed by atoms with Crippen LogP contribution in [0.25, 0.3) is 17.1 Å². The lowest BCUT2D eigenvalue weighted by molar-refractivity contribution is -0.276. The average Bonchev–Trinajstić information content (AvgIpc) is 3.02. The van der Waals surface area contributed by atoms with E-state index < -0.39 is 33.8 Å². The van der Waals surface area contributed by atoms with Crippen molar-refractivity contribution < 1.29 is 39.5 Å². The third kappa shape index (κ3) is 4.93. The summed E-state index contributed by atoms with van der Waals surface area (Å²) < 4.78 is 104. The van der Waals surface area contributed by atoms with Crippen LogP contribution >= 0.6 is 0 Å². The maximum absolute atomic E-state index is 12.8. The summed E-state index contributed by atoms with van der Waals surface area (Å²) in [6.45, 7) is 0. The zero-order valence-corrected chi connectivity index (χ0v) is 15.8. The van der Waals surface area contributed by atoms with Crippen molar-refractivity contribution in [2.45, 2.75) is 17.4 Å². The van der Waals surface area contributed by atoms with Gasteiger partial charge in [0.05, 0.1) is 16.7 Å². The Bertz CT molecular complexity index is 1150. The summed E-state index contributed by atoms with van der Waals surface area (Å²) in [4.78, 5) is 3.73. The summed E-state index contributed by atoms with van der Waals surface area (Å²) in [6, 6.07) is 8.79. The van der Waals surface area contributed by atoms with E-state index in [0.29, 0.717) is 0 Å². The van der Waals surface area contributed by atoms with Gasteiger partial charge in [0.15, 0.2) is 9.84 Å². The van der Waals surface area contributed by atoms with Crippen molar-refractivity contribution >= 4 is 9.84 Å². The molecule has 3 rings (SSSR count). The minimum Gasteiger partial charge on any atom is -0.386 e. The van der Waals surface area contributed by atoms with Gasteiger partial charge in [0.2, 0.25) is 5.88 Å². The van der Waals surface area contributed by atoms with Crippen molar-refractivity contribution in [3.05, 3.63) is 60.3 Å². The number of alkyl halides is 6. The van der Waals surface area contributed by atoms with E-state index in [2.05, 4.69) is 9.72 Å². The SMILES string of the molecule is CS(=O)(=O)c1ccc(-c2nc(OC(F)(F)F)cn2-c2ccc(C(F)(F)F)cc2)cc1. The van der Waals surface area contributed by atoms with Gasteiger partial charge >= 0.3 is 12.5 Å². The first kappa shape index (κ1) is 21.7. The van der Waals surface area contributed by atoms with Crippen LogP contribution in [0, 0.1) is 0 Å². The highest BCUT2D eigenvalue weighted by Crippen LogP contribution is 2.32.